The molecule has 2 saturated carbocycles. The van der Waals surface area contributed by atoms with Crippen molar-refractivity contribution < 1.29 is 35.6 Å². The summed E-state index contributed by atoms with van der Waals surface area (Å²) in [5.41, 5.74) is 1.16. The highest BCUT2D eigenvalue weighted by Crippen LogP contribution is 2.51. The van der Waals surface area contributed by atoms with E-state index in [1.807, 2.05) is 0 Å². The van der Waals surface area contributed by atoms with Gasteiger partial charge in [0.15, 0.2) is 9.84 Å². The second-order valence-corrected chi connectivity index (χ2v) is 14.7. The normalized spacial score (nSPS) is 23.6. The van der Waals surface area contributed by atoms with E-state index < -0.39 is 43.5 Å². The summed E-state index contributed by atoms with van der Waals surface area (Å²) in [6, 6.07) is 9.54. The van der Waals surface area contributed by atoms with E-state index in [4.69, 9.17) is 4.74 Å². The molecule has 42 heavy (non-hydrogen) atoms. The van der Waals surface area contributed by atoms with E-state index in [1.165, 1.54) is 30.3 Å². The molecule has 0 saturated heterocycles. The molecule has 10 nitrogen and oxygen atoms in total. The lowest BCUT2D eigenvalue weighted by Crippen LogP contribution is -2.50. The zero-order chi connectivity index (χ0) is 29.5. The van der Waals surface area contributed by atoms with E-state index in [2.05, 4.69) is 9.71 Å². The summed E-state index contributed by atoms with van der Waals surface area (Å²) in [5.74, 6) is -1.94. The largest absolute Gasteiger partial charge is 0.466 e. The number of sulfonamides is 1. The van der Waals surface area contributed by atoms with Crippen LogP contribution in [0.1, 0.15) is 51.2 Å². The van der Waals surface area contributed by atoms with Crippen LogP contribution in [0, 0.1) is 23.6 Å². The Morgan fingerprint density at radius 1 is 1.10 bits per heavy atom. The Bertz CT molecular complexity index is 1610. The topological polar surface area (TPSA) is 139 Å². The molecule has 2 aromatic carbocycles. The first-order valence-electron chi connectivity index (χ1n) is 13.5. The molecule has 1 N–H and O–H groups in total. The number of carbonyl (C=O) groups is 2. The van der Waals surface area contributed by atoms with Gasteiger partial charge in [-0.15, -0.1) is 4.40 Å². The van der Waals surface area contributed by atoms with Gasteiger partial charge < -0.3 is 15.0 Å². The Morgan fingerprint density at radius 2 is 1.76 bits per heavy atom. The van der Waals surface area contributed by atoms with Gasteiger partial charge in [-0.1, -0.05) is 25.6 Å². The molecule has 1 amide bonds. The van der Waals surface area contributed by atoms with Crippen LogP contribution in [0.4, 0.5) is 10.1 Å². The molecule has 3 aliphatic rings. The first-order valence-corrected chi connectivity index (χ1v) is 17.0. The quantitative estimate of drug-likeness (QED) is 0.416. The molecule has 228 valence electrons. The molecule has 1 aliphatic heterocycles. The van der Waals surface area contributed by atoms with Gasteiger partial charge in [-0.25, -0.2) is 12.8 Å². The van der Waals surface area contributed by atoms with Crippen molar-refractivity contribution in [3.05, 3.63) is 59.4 Å². The molecule has 1 heterocycles. The van der Waals surface area contributed by atoms with Crippen LogP contribution in [0.5, 0.6) is 0 Å². The fourth-order valence-corrected chi connectivity index (χ4v) is 8.38. The van der Waals surface area contributed by atoms with Crippen LogP contribution in [-0.4, -0.2) is 58.4 Å². The summed E-state index contributed by atoms with van der Waals surface area (Å²) >= 11 is 0. The molecule has 2 fully saturated rings. The number of hydrogen-bond acceptors (Lipinski definition) is 8. The molecule has 2 aliphatic carbocycles. The second-order valence-electron chi connectivity index (χ2n) is 11.0. The smallest absolute Gasteiger partial charge is 0.311 e. The third-order valence-corrected chi connectivity index (χ3v) is 10.2. The number of esters is 1. The van der Waals surface area contributed by atoms with Crippen LogP contribution in [0.3, 0.4) is 0 Å². The van der Waals surface area contributed by atoms with Crippen LogP contribution in [0.2, 0.25) is 0 Å². The minimum atomic E-state index is -4.22. The number of nitrogens with zero attached hydrogens (tertiary/aromatic N) is 2. The maximum Gasteiger partial charge on any atom is 0.311 e. The van der Waals surface area contributed by atoms with Crippen LogP contribution in [0.15, 0.2) is 51.8 Å². The second kappa shape index (κ2) is 12.1. The number of halogens is 1. The molecule has 0 spiro atoms. The molecule has 0 aromatic heterocycles. The molecular formula is C29H36FN3O7S2. The molecule has 2 bridgehead atoms. The highest BCUT2D eigenvalue weighted by molar-refractivity contribution is 7.90. The van der Waals surface area contributed by atoms with Crippen LogP contribution in [-0.2, 0) is 46.5 Å². The fourth-order valence-electron chi connectivity index (χ4n) is 6.40. The van der Waals surface area contributed by atoms with Crippen LogP contribution >= 0.6 is 0 Å². The van der Waals surface area contributed by atoms with Crippen molar-refractivity contribution in [2.75, 3.05) is 18.2 Å². The highest BCUT2D eigenvalue weighted by Gasteiger charge is 2.54. The minimum Gasteiger partial charge on any atom is -0.466 e. The predicted molar refractivity (Wildman–Crippen MR) is 156 cm³/mol. The number of fused-ring (bicyclic) bond motifs is 3. The Labute approximate surface area is 246 Å². The number of ether oxygens (including phenoxy) is 1. The summed E-state index contributed by atoms with van der Waals surface area (Å²) in [5, 5.41) is 2.91. The van der Waals surface area contributed by atoms with E-state index in [-0.39, 0.29) is 67.0 Å². The van der Waals surface area contributed by atoms with Gasteiger partial charge in [0.2, 0.25) is 5.91 Å². The third-order valence-electron chi connectivity index (χ3n) is 7.96. The average molecular weight is 622 g/mol. The summed E-state index contributed by atoms with van der Waals surface area (Å²) < 4.78 is 72.3. The molecule has 4 atom stereocenters. The summed E-state index contributed by atoms with van der Waals surface area (Å²) in [4.78, 5) is 28.4. The molecule has 0 radical (unpaired) electrons. The van der Waals surface area contributed by atoms with Crippen molar-refractivity contribution >= 4 is 43.3 Å². The van der Waals surface area contributed by atoms with Gasteiger partial charge in [-0.2, -0.15) is 8.42 Å². The van der Waals surface area contributed by atoms with Crippen molar-refractivity contribution in [2.45, 2.75) is 63.3 Å². The number of amides is 1. The van der Waals surface area contributed by atoms with Gasteiger partial charge in [0.1, 0.15) is 16.5 Å². The summed E-state index contributed by atoms with van der Waals surface area (Å²) in [6.45, 7) is 2.06. The maximum absolute atomic E-state index is 13.9. The lowest BCUT2D eigenvalue weighted by Gasteiger charge is -2.39. The van der Waals surface area contributed by atoms with Crippen LogP contribution < -0.4 is 5.32 Å². The summed E-state index contributed by atoms with van der Waals surface area (Å²) in [6.07, 6.45) is 3.19. The van der Waals surface area contributed by atoms with E-state index in [0.29, 0.717) is 11.1 Å². The van der Waals surface area contributed by atoms with E-state index >= 15 is 0 Å². The zero-order valence-electron chi connectivity index (χ0n) is 22.7. The average Bonchev–Trinajstić information content (AvgIpc) is 3.50. The number of amidine groups is 1. The standard InChI is InChI=1S/C28H32FN3O7S2.CH4/c1-3-39-28(34)26-19-7-8-20(13-19)27(26)32(15-17-4-9-21(29)10-5-17)25(33)14-24-30-22-11-6-18(16-40(2,35)36)12-23(22)41(37,38)31-24;/h4-6,9-12,19-20,26-27H,3,7-8,13-16H2,1-2H3,(H,30,31);1H4/t19-,20+,26+,27-;/m0./s1. The molecule has 13 heteroatoms. The van der Waals surface area contributed by atoms with E-state index in [1.54, 1.807) is 24.0 Å². The number of sulfone groups is 1. The lowest BCUT2D eigenvalue weighted by atomic mass is 9.83. The first kappa shape index (κ1) is 31.6. The van der Waals surface area contributed by atoms with Gasteiger partial charge >= 0.3 is 5.97 Å². The van der Waals surface area contributed by atoms with Crippen molar-refractivity contribution in [1.82, 2.24) is 4.90 Å². The first-order chi connectivity index (χ1) is 19.3. The number of hydrogen-bond donors (Lipinski definition) is 1. The maximum atomic E-state index is 13.9. The number of rotatable bonds is 9. The molecule has 0 unspecified atom stereocenters. The van der Waals surface area contributed by atoms with E-state index in [0.717, 1.165) is 25.5 Å². The van der Waals surface area contributed by atoms with Gasteiger partial charge in [0, 0.05) is 18.8 Å². The Morgan fingerprint density at radius 3 is 2.43 bits per heavy atom. The number of nitrogens with one attached hydrogen (secondary N) is 1. The Hall–Kier alpha value is -3.32. The minimum absolute atomic E-state index is 0. The monoisotopic (exact) mass is 621 g/mol. The third kappa shape index (κ3) is 6.67. The SMILES string of the molecule is C.CCOC(=O)[C@@H]1[C@H]2CC[C@H](C2)[C@@H]1N(Cc1ccc(F)cc1)C(=O)CC1=NS(=O)(=O)c2cc(CS(C)(=O)=O)ccc2N1. The molecule has 2 aromatic rings. The molecule has 5 rings (SSSR count). The molecular weight excluding hydrogens is 585 g/mol. The summed E-state index contributed by atoms with van der Waals surface area (Å²) in [7, 11) is -7.61. The van der Waals surface area contributed by atoms with Crippen LogP contribution in [0.25, 0.3) is 0 Å². The highest BCUT2D eigenvalue weighted by atomic mass is 32.2. The number of carbonyl (C=O) groups excluding carboxylic acids is 2. The van der Waals surface area contributed by atoms with Crippen molar-refractivity contribution in [3.8, 4) is 0 Å². The number of benzene rings is 2. The van der Waals surface area contributed by atoms with Crippen molar-refractivity contribution in [2.24, 2.45) is 22.2 Å². The Kier molecular flexibility index (Phi) is 9.12. The Balaban J connectivity index is 0.00000405. The zero-order valence-corrected chi connectivity index (χ0v) is 24.4. The van der Waals surface area contributed by atoms with Crippen molar-refractivity contribution in [3.63, 3.8) is 0 Å². The lowest BCUT2D eigenvalue weighted by molar-refractivity contribution is -0.154. The number of anilines is 1. The fraction of sp³-hybridized carbons (Fsp3) is 0.483. The van der Waals surface area contributed by atoms with E-state index in [9.17, 15) is 30.8 Å². The van der Waals surface area contributed by atoms with Gasteiger partial charge in [0.05, 0.1) is 30.4 Å². The predicted octanol–water partition coefficient (Wildman–Crippen LogP) is 3.92. The van der Waals surface area contributed by atoms with Crippen molar-refractivity contribution in [1.29, 1.82) is 0 Å². The van der Waals surface area contributed by atoms with Gasteiger partial charge in [-0.05, 0) is 73.4 Å². The van der Waals surface area contributed by atoms with Gasteiger partial charge in [0.25, 0.3) is 10.0 Å². The van der Waals surface area contributed by atoms with Gasteiger partial charge in [-0.3, -0.25) is 9.59 Å².